The Morgan fingerprint density at radius 2 is 1.95 bits per heavy atom. The maximum absolute atomic E-state index is 11.4. The van der Waals surface area contributed by atoms with Crippen molar-refractivity contribution in [2.24, 2.45) is 0 Å². The maximum atomic E-state index is 11.4. The fourth-order valence-electron chi connectivity index (χ4n) is 1.86. The highest BCUT2D eigenvalue weighted by molar-refractivity contribution is 7.91. The molecule has 0 amide bonds. The van der Waals surface area contributed by atoms with Crippen LogP contribution in [0.4, 0.5) is 11.5 Å². The predicted octanol–water partition coefficient (Wildman–Crippen LogP) is 0.0808. The molecule has 0 aliphatic carbocycles. The van der Waals surface area contributed by atoms with Gasteiger partial charge in [-0.1, -0.05) is 0 Å². The summed E-state index contributed by atoms with van der Waals surface area (Å²) in [6.07, 6.45) is 1.35. The topological polar surface area (TPSA) is 98.4 Å². The third-order valence-electron chi connectivity index (χ3n) is 2.82. The van der Waals surface area contributed by atoms with Crippen LogP contribution in [-0.4, -0.2) is 49.1 Å². The minimum atomic E-state index is -2.92. The molecule has 0 radical (unpaired) electrons. The van der Waals surface area contributed by atoms with Crippen molar-refractivity contribution in [1.82, 2.24) is 9.97 Å². The Bertz CT molecular complexity index is 545. The van der Waals surface area contributed by atoms with Crippen molar-refractivity contribution in [3.8, 4) is 5.88 Å². The molecular formula is C11H18N4O3S. The predicted molar refractivity (Wildman–Crippen MR) is 73.1 cm³/mol. The van der Waals surface area contributed by atoms with Gasteiger partial charge in [0.15, 0.2) is 15.7 Å². The van der Waals surface area contributed by atoms with E-state index in [9.17, 15) is 8.42 Å². The Hall–Kier alpha value is -1.57. The van der Waals surface area contributed by atoms with Gasteiger partial charge in [-0.3, -0.25) is 0 Å². The van der Waals surface area contributed by atoms with Crippen LogP contribution in [0.1, 0.15) is 13.8 Å². The summed E-state index contributed by atoms with van der Waals surface area (Å²) in [5.41, 5.74) is 6.35. The van der Waals surface area contributed by atoms with Gasteiger partial charge in [0.05, 0.1) is 17.6 Å². The molecule has 1 fully saturated rings. The Morgan fingerprint density at radius 1 is 1.32 bits per heavy atom. The van der Waals surface area contributed by atoms with Crippen LogP contribution in [0.2, 0.25) is 0 Å². The van der Waals surface area contributed by atoms with E-state index in [4.69, 9.17) is 10.5 Å². The molecule has 1 aromatic rings. The third kappa shape index (κ3) is 3.25. The van der Waals surface area contributed by atoms with Crippen LogP contribution in [0.25, 0.3) is 0 Å². The van der Waals surface area contributed by atoms with Gasteiger partial charge in [-0.25, -0.2) is 13.4 Å². The van der Waals surface area contributed by atoms with Crippen LogP contribution in [0, 0.1) is 0 Å². The minimum absolute atomic E-state index is 0.0354. The van der Waals surface area contributed by atoms with Crippen molar-refractivity contribution in [3.63, 3.8) is 0 Å². The summed E-state index contributed by atoms with van der Waals surface area (Å²) in [5.74, 6) is 1.13. The summed E-state index contributed by atoms with van der Waals surface area (Å²) in [6, 6.07) is 0. The lowest BCUT2D eigenvalue weighted by atomic mass is 10.4. The van der Waals surface area contributed by atoms with E-state index in [0.717, 1.165) is 0 Å². The molecule has 1 aliphatic heterocycles. The highest BCUT2D eigenvalue weighted by atomic mass is 32.2. The molecular weight excluding hydrogens is 268 g/mol. The van der Waals surface area contributed by atoms with Gasteiger partial charge in [0.25, 0.3) is 0 Å². The van der Waals surface area contributed by atoms with Gasteiger partial charge < -0.3 is 15.4 Å². The summed E-state index contributed by atoms with van der Waals surface area (Å²) >= 11 is 0. The fraction of sp³-hybridized carbons (Fsp3) is 0.636. The second-order valence-electron chi connectivity index (χ2n) is 4.72. The maximum Gasteiger partial charge on any atom is 0.242 e. The van der Waals surface area contributed by atoms with Gasteiger partial charge in [0.1, 0.15) is 12.0 Å². The van der Waals surface area contributed by atoms with E-state index >= 15 is 0 Å². The molecule has 1 aromatic heterocycles. The van der Waals surface area contributed by atoms with Gasteiger partial charge in [0, 0.05) is 13.1 Å². The quantitative estimate of drug-likeness (QED) is 0.840. The first kappa shape index (κ1) is 13.9. The van der Waals surface area contributed by atoms with Gasteiger partial charge in [-0.05, 0) is 13.8 Å². The molecule has 0 saturated carbocycles. The number of aromatic nitrogens is 2. The van der Waals surface area contributed by atoms with E-state index in [1.165, 1.54) is 6.33 Å². The molecule has 0 aromatic carbocycles. The largest absolute Gasteiger partial charge is 0.473 e. The molecule has 2 rings (SSSR count). The molecule has 7 nitrogen and oxygen atoms in total. The molecule has 1 saturated heterocycles. The molecule has 2 N–H and O–H groups in total. The van der Waals surface area contributed by atoms with Crippen LogP contribution in [-0.2, 0) is 9.84 Å². The summed E-state index contributed by atoms with van der Waals surface area (Å²) in [4.78, 5) is 9.98. The fourth-order valence-corrected chi connectivity index (χ4v) is 3.07. The lowest BCUT2D eigenvalue weighted by molar-refractivity contribution is 0.234. The second-order valence-corrected chi connectivity index (χ2v) is 7.03. The van der Waals surface area contributed by atoms with E-state index < -0.39 is 9.84 Å². The number of nitrogen functional groups attached to an aromatic ring is 1. The van der Waals surface area contributed by atoms with Crippen molar-refractivity contribution in [2.75, 3.05) is 35.2 Å². The molecule has 1 aliphatic rings. The average Bonchev–Trinajstić information content (AvgIpc) is 2.32. The van der Waals surface area contributed by atoms with E-state index in [1.54, 1.807) is 0 Å². The number of hydrogen-bond acceptors (Lipinski definition) is 7. The SMILES string of the molecule is CC(C)Oc1ncnc(N2CCS(=O)(=O)CC2)c1N. The van der Waals surface area contributed by atoms with E-state index in [2.05, 4.69) is 9.97 Å². The Morgan fingerprint density at radius 3 is 2.53 bits per heavy atom. The smallest absolute Gasteiger partial charge is 0.242 e. The first-order chi connectivity index (χ1) is 8.89. The summed E-state index contributed by atoms with van der Waals surface area (Å²) in [7, 11) is -2.92. The van der Waals surface area contributed by atoms with E-state index in [0.29, 0.717) is 30.5 Å². The zero-order valence-electron chi connectivity index (χ0n) is 11.0. The van der Waals surface area contributed by atoms with Crippen molar-refractivity contribution < 1.29 is 13.2 Å². The van der Waals surface area contributed by atoms with Crippen LogP contribution in [0.5, 0.6) is 5.88 Å². The molecule has 106 valence electrons. The number of hydrogen-bond donors (Lipinski definition) is 1. The van der Waals surface area contributed by atoms with Gasteiger partial charge in [-0.15, -0.1) is 0 Å². The van der Waals surface area contributed by atoms with Crippen LogP contribution in [0.15, 0.2) is 6.33 Å². The summed E-state index contributed by atoms with van der Waals surface area (Å²) in [6.45, 7) is 4.55. The zero-order chi connectivity index (χ0) is 14.0. The van der Waals surface area contributed by atoms with Crippen LogP contribution < -0.4 is 15.4 Å². The lowest BCUT2D eigenvalue weighted by Crippen LogP contribution is -2.41. The van der Waals surface area contributed by atoms with E-state index in [-0.39, 0.29) is 17.6 Å². The molecule has 2 heterocycles. The highest BCUT2D eigenvalue weighted by Crippen LogP contribution is 2.29. The molecule has 0 unspecified atom stereocenters. The first-order valence-electron chi connectivity index (χ1n) is 6.11. The summed E-state index contributed by atoms with van der Waals surface area (Å²) < 4.78 is 28.3. The second kappa shape index (κ2) is 5.20. The van der Waals surface area contributed by atoms with Crippen LogP contribution in [0.3, 0.4) is 0 Å². The molecule has 0 spiro atoms. The number of nitrogens with zero attached hydrogens (tertiary/aromatic N) is 3. The number of ether oxygens (including phenoxy) is 1. The third-order valence-corrected chi connectivity index (χ3v) is 4.43. The normalized spacial score (nSPS) is 18.6. The lowest BCUT2D eigenvalue weighted by Gasteiger charge is -2.28. The van der Waals surface area contributed by atoms with Gasteiger partial charge >= 0.3 is 0 Å². The molecule has 8 heteroatoms. The Balaban J connectivity index is 2.21. The van der Waals surface area contributed by atoms with Gasteiger partial charge in [0.2, 0.25) is 5.88 Å². The minimum Gasteiger partial charge on any atom is -0.473 e. The van der Waals surface area contributed by atoms with Gasteiger partial charge in [-0.2, -0.15) is 4.98 Å². The van der Waals surface area contributed by atoms with Crippen molar-refractivity contribution in [2.45, 2.75) is 20.0 Å². The number of sulfone groups is 1. The first-order valence-corrected chi connectivity index (χ1v) is 7.93. The Labute approximate surface area is 112 Å². The monoisotopic (exact) mass is 286 g/mol. The molecule has 19 heavy (non-hydrogen) atoms. The van der Waals surface area contributed by atoms with Crippen LogP contribution >= 0.6 is 0 Å². The Kier molecular flexibility index (Phi) is 3.79. The number of nitrogens with two attached hydrogens (primary N) is 1. The summed E-state index contributed by atoms with van der Waals surface area (Å²) in [5, 5.41) is 0. The zero-order valence-corrected chi connectivity index (χ0v) is 11.9. The number of anilines is 2. The van der Waals surface area contributed by atoms with E-state index in [1.807, 2.05) is 18.7 Å². The standard InChI is InChI=1S/C11H18N4O3S/c1-8(2)18-11-9(12)10(13-7-14-11)15-3-5-19(16,17)6-4-15/h7-8H,3-6,12H2,1-2H3. The number of rotatable bonds is 3. The highest BCUT2D eigenvalue weighted by Gasteiger charge is 2.25. The van der Waals surface area contributed by atoms with Crippen molar-refractivity contribution in [3.05, 3.63) is 6.33 Å². The average molecular weight is 286 g/mol. The van der Waals surface area contributed by atoms with Crippen molar-refractivity contribution >= 4 is 21.3 Å². The van der Waals surface area contributed by atoms with Crippen molar-refractivity contribution in [1.29, 1.82) is 0 Å². The molecule has 0 bridgehead atoms. The molecule has 0 atom stereocenters.